The van der Waals surface area contributed by atoms with E-state index in [4.69, 9.17) is 0 Å². The average Bonchev–Trinajstić information content (AvgIpc) is 2.54. The average molecular weight is 233 g/mol. The summed E-state index contributed by atoms with van der Waals surface area (Å²) in [5.41, 5.74) is 1.66. The third-order valence-electron chi connectivity index (χ3n) is 2.97. The molecule has 0 spiro atoms. The second-order valence-electron chi connectivity index (χ2n) is 4.30. The molecule has 1 aromatic carbocycles. The maximum absolute atomic E-state index is 12.7. The number of halogens is 1. The van der Waals surface area contributed by atoms with Gasteiger partial charge < -0.3 is 5.32 Å². The van der Waals surface area contributed by atoms with Crippen molar-refractivity contribution < 1.29 is 9.18 Å². The minimum atomic E-state index is -0.256. The van der Waals surface area contributed by atoms with Gasteiger partial charge in [-0.05, 0) is 43.5 Å². The van der Waals surface area contributed by atoms with Gasteiger partial charge >= 0.3 is 0 Å². The lowest BCUT2D eigenvalue weighted by atomic mass is 10.1. The van der Waals surface area contributed by atoms with Crippen LogP contribution in [0.25, 0.3) is 0 Å². The first kappa shape index (κ1) is 11.8. The summed E-state index contributed by atoms with van der Waals surface area (Å²) in [6.07, 6.45) is 6.44. The molecule has 90 valence electrons. The monoisotopic (exact) mass is 233 g/mol. The van der Waals surface area contributed by atoms with Gasteiger partial charge in [-0.2, -0.15) is 0 Å². The number of ketones is 1. The van der Waals surface area contributed by atoms with Gasteiger partial charge in [0.1, 0.15) is 5.82 Å². The standard InChI is InChI=1S/C14H16FNO/c15-12-6-8-13(9-7-12)16-10-11-4-2-1-3-5-14(11)17/h6-10,16H,1-5H2. The molecule has 0 atom stereocenters. The van der Waals surface area contributed by atoms with Gasteiger partial charge in [0.15, 0.2) is 5.78 Å². The zero-order chi connectivity index (χ0) is 12.1. The second kappa shape index (κ2) is 5.62. The van der Waals surface area contributed by atoms with Gasteiger partial charge in [-0.15, -0.1) is 0 Å². The van der Waals surface area contributed by atoms with Gasteiger partial charge in [0.25, 0.3) is 0 Å². The Morgan fingerprint density at radius 3 is 2.53 bits per heavy atom. The quantitative estimate of drug-likeness (QED) is 0.624. The highest BCUT2D eigenvalue weighted by atomic mass is 19.1. The van der Waals surface area contributed by atoms with E-state index < -0.39 is 0 Å². The van der Waals surface area contributed by atoms with Crippen LogP contribution in [0.4, 0.5) is 10.1 Å². The molecule has 17 heavy (non-hydrogen) atoms. The highest BCUT2D eigenvalue weighted by molar-refractivity contribution is 5.95. The fraction of sp³-hybridized carbons (Fsp3) is 0.357. The van der Waals surface area contributed by atoms with E-state index in [2.05, 4.69) is 5.32 Å². The van der Waals surface area contributed by atoms with Crippen LogP contribution < -0.4 is 5.32 Å². The molecule has 1 aliphatic carbocycles. The number of benzene rings is 1. The minimum Gasteiger partial charge on any atom is -0.361 e. The molecule has 0 amide bonds. The van der Waals surface area contributed by atoms with Crippen molar-refractivity contribution in [3.8, 4) is 0 Å². The summed E-state index contributed by atoms with van der Waals surface area (Å²) in [6, 6.07) is 6.12. The van der Waals surface area contributed by atoms with Crippen LogP contribution in [0.15, 0.2) is 36.0 Å². The Morgan fingerprint density at radius 2 is 1.76 bits per heavy atom. The maximum atomic E-state index is 12.7. The highest BCUT2D eigenvalue weighted by Gasteiger charge is 2.12. The van der Waals surface area contributed by atoms with Gasteiger partial charge in [0.2, 0.25) is 0 Å². The molecule has 3 heteroatoms. The fourth-order valence-electron chi connectivity index (χ4n) is 1.95. The lowest BCUT2D eigenvalue weighted by molar-refractivity contribution is -0.115. The fourth-order valence-corrected chi connectivity index (χ4v) is 1.95. The Labute approximate surface area is 101 Å². The van der Waals surface area contributed by atoms with Crippen molar-refractivity contribution in [2.24, 2.45) is 0 Å². The second-order valence-corrected chi connectivity index (χ2v) is 4.30. The number of carbonyl (C=O) groups excluding carboxylic acids is 1. The van der Waals surface area contributed by atoms with Crippen LogP contribution >= 0.6 is 0 Å². The number of nitrogens with one attached hydrogen (secondary N) is 1. The topological polar surface area (TPSA) is 29.1 Å². The van der Waals surface area contributed by atoms with Crippen LogP contribution in [0, 0.1) is 5.82 Å². The number of Topliss-reactive ketones (excluding diaryl/α,β-unsaturated/α-hetero) is 1. The molecule has 0 bridgehead atoms. The first-order valence-corrected chi connectivity index (χ1v) is 6.00. The lowest BCUT2D eigenvalue weighted by Crippen LogP contribution is -2.02. The van der Waals surface area contributed by atoms with Crippen LogP contribution in [0.1, 0.15) is 32.1 Å². The first-order valence-electron chi connectivity index (χ1n) is 6.00. The van der Waals surface area contributed by atoms with Crippen molar-refractivity contribution in [2.75, 3.05) is 5.32 Å². The predicted molar refractivity (Wildman–Crippen MR) is 66.2 cm³/mol. The van der Waals surface area contributed by atoms with Crippen molar-refractivity contribution in [2.45, 2.75) is 32.1 Å². The van der Waals surface area contributed by atoms with E-state index in [1.807, 2.05) is 0 Å². The van der Waals surface area contributed by atoms with Gasteiger partial charge in [-0.3, -0.25) is 4.79 Å². The van der Waals surface area contributed by atoms with Gasteiger partial charge in [-0.1, -0.05) is 6.42 Å². The summed E-state index contributed by atoms with van der Waals surface area (Å²) in [5.74, 6) is -0.0224. The molecular weight excluding hydrogens is 217 g/mol. The molecule has 1 saturated carbocycles. The van der Waals surface area contributed by atoms with Crippen LogP contribution in [0.2, 0.25) is 0 Å². The Balaban J connectivity index is 2.03. The Hall–Kier alpha value is -1.64. The summed E-state index contributed by atoms with van der Waals surface area (Å²) in [4.78, 5) is 11.7. The van der Waals surface area contributed by atoms with E-state index in [0.29, 0.717) is 6.42 Å². The van der Waals surface area contributed by atoms with Crippen molar-refractivity contribution in [1.82, 2.24) is 0 Å². The zero-order valence-electron chi connectivity index (χ0n) is 9.71. The molecule has 2 nitrogen and oxygen atoms in total. The van der Waals surface area contributed by atoms with Crippen molar-refractivity contribution >= 4 is 11.5 Å². The minimum absolute atomic E-state index is 0.233. The van der Waals surface area contributed by atoms with Gasteiger partial charge in [0.05, 0.1) is 0 Å². The summed E-state index contributed by atoms with van der Waals surface area (Å²) in [7, 11) is 0. The molecule has 1 N–H and O–H groups in total. The number of hydrogen-bond acceptors (Lipinski definition) is 2. The largest absolute Gasteiger partial charge is 0.361 e. The van der Waals surface area contributed by atoms with E-state index in [1.165, 1.54) is 12.1 Å². The number of hydrogen-bond donors (Lipinski definition) is 1. The maximum Gasteiger partial charge on any atom is 0.160 e. The summed E-state index contributed by atoms with van der Waals surface area (Å²) >= 11 is 0. The van der Waals surface area contributed by atoms with E-state index in [9.17, 15) is 9.18 Å². The van der Waals surface area contributed by atoms with Gasteiger partial charge in [-0.25, -0.2) is 4.39 Å². The highest BCUT2D eigenvalue weighted by Crippen LogP contribution is 2.19. The number of rotatable bonds is 2. The molecule has 0 unspecified atom stereocenters. The molecule has 0 saturated heterocycles. The smallest absolute Gasteiger partial charge is 0.160 e. The van der Waals surface area contributed by atoms with E-state index >= 15 is 0 Å². The van der Waals surface area contributed by atoms with Crippen LogP contribution in [-0.4, -0.2) is 5.78 Å². The summed E-state index contributed by atoms with van der Waals surface area (Å²) in [6.45, 7) is 0. The summed E-state index contributed by atoms with van der Waals surface area (Å²) in [5, 5.41) is 3.05. The molecule has 1 aliphatic rings. The van der Waals surface area contributed by atoms with Crippen LogP contribution in [0.3, 0.4) is 0 Å². The van der Waals surface area contributed by atoms with Crippen LogP contribution in [-0.2, 0) is 4.79 Å². The van der Waals surface area contributed by atoms with Crippen molar-refractivity contribution in [3.63, 3.8) is 0 Å². The first-order chi connectivity index (χ1) is 8.25. The third kappa shape index (κ3) is 3.41. The molecule has 0 heterocycles. The Bertz CT molecular complexity index is 422. The molecule has 0 radical (unpaired) electrons. The molecule has 2 rings (SSSR count). The Morgan fingerprint density at radius 1 is 1.06 bits per heavy atom. The Kier molecular flexibility index (Phi) is 3.91. The SMILES string of the molecule is O=C1CCCCCC1=CNc1ccc(F)cc1. The van der Waals surface area contributed by atoms with Crippen molar-refractivity contribution in [3.05, 3.63) is 41.9 Å². The molecular formula is C14H16FNO. The van der Waals surface area contributed by atoms with Gasteiger partial charge in [0, 0.05) is 23.9 Å². The normalized spacial score (nSPS) is 19.1. The zero-order valence-corrected chi connectivity index (χ0v) is 9.71. The molecule has 1 aromatic rings. The van der Waals surface area contributed by atoms with E-state index in [-0.39, 0.29) is 11.6 Å². The third-order valence-corrected chi connectivity index (χ3v) is 2.97. The number of anilines is 1. The van der Waals surface area contributed by atoms with Crippen molar-refractivity contribution in [1.29, 1.82) is 0 Å². The predicted octanol–water partition coefficient (Wildman–Crippen LogP) is 3.65. The van der Waals surface area contributed by atoms with E-state index in [0.717, 1.165) is 36.9 Å². The van der Waals surface area contributed by atoms with E-state index in [1.54, 1.807) is 18.3 Å². The molecule has 0 aromatic heterocycles. The van der Waals surface area contributed by atoms with Crippen LogP contribution in [0.5, 0.6) is 0 Å². The lowest BCUT2D eigenvalue weighted by Gasteiger charge is -2.04. The number of carbonyl (C=O) groups is 1. The summed E-state index contributed by atoms with van der Waals surface area (Å²) < 4.78 is 12.7. The number of allylic oxidation sites excluding steroid dienone is 1. The molecule has 0 aliphatic heterocycles. The molecule has 1 fully saturated rings.